The molecule has 0 fully saturated rings. The van der Waals surface area contributed by atoms with Crippen LogP contribution < -0.4 is 14.8 Å². The van der Waals surface area contributed by atoms with Crippen LogP contribution in [0.3, 0.4) is 0 Å². The topological polar surface area (TPSA) is 128 Å². The lowest BCUT2D eigenvalue weighted by Crippen LogP contribution is -2.30. The molecule has 27 heavy (non-hydrogen) atoms. The van der Waals surface area contributed by atoms with Crippen molar-refractivity contribution >= 4 is 17.6 Å². The first-order chi connectivity index (χ1) is 12.8. The largest absolute Gasteiger partial charge is 0.497 e. The predicted octanol–water partition coefficient (Wildman–Crippen LogP) is 2.56. The van der Waals surface area contributed by atoms with Gasteiger partial charge in [0.05, 0.1) is 31.6 Å². The van der Waals surface area contributed by atoms with E-state index in [0.717, 1.165) is 0 Å². The molecule has 2 N–H and O–H groups in total. The molecule has 0 aliphatic carbocycles. The Bertz CT molecular complexity index is 844. The molecule has 0 aliphatic rings. The second-order valence-electron chi connectivity index (χ2n) is 5.58. The van der Waals surface area contributed by atoms with E-state index in [1.54, 1.807) is 6.07 Å². The number of hydrogen-bond acceptors (Lipinski definition) is 6. The van der Waals surface area contributed by atoms with Gasteiger partial charge in [0.1, 0.15) is 11.5 Å². The van der Waals surface area contributed by atoms with Crippen LogP contribution in [0.25, 0.3) is 0 Å². The fourth-order valence-electron chi connectivity index (χ4n) is 2.46. The molecule has 0 radical (unpaired) electrons. The maximum absolute atomic E-state index is 12.6. The summed E-state index contributed by atoms with van der Waals surface area (Å²) in [4.78, 5) is 34.2. The van der Waals surface area contributed by atoms with Crippen molar-refractivity contribution in [3.05, 3.63) is 63.7 Å². The average Bonchev–Trinajstić information content (AvgIpc) is 2.66. The summed E-state index contributed by atoms with van der Waals surface area (Å²) in [6, 6.07) is 9.07. The number of amides is 1. The monoisotopic (exact) mass is 374 g/mol. The first kappa shape index (κ1) is 19.7. The van der Waals surface area contributed by atoms with Crippen LogP contribution in [0.1, 0.15) is 28.4 Å². The number of benzene rings is 2. The molecular formula is C18H18N2O7. The van der Waals surface area contributed by atoms with Gasteiger partial charge in [0.25, 0.3) is 11.6 Å². The predicted molar refractivity (Wildman–Crippen MR) is 95.1 cm³/mol. The third-order valence-electron chi connectivity index (χ3n) is 3.78. The van der Waals surface area contributed by atoms with Crippen molar-refractivity contribution in [3.63, 3.8) is 0 Å². The molecule has 0 saturated heterocycles. The molecule has 2 rings (SSSR count). The zero-order chi connectivity index (χ0) is 20.0. The fraction of sp³-hybridized carbons (Fsp3) is 0.222. The smallest absolute Gasteiger partial charge is 0.305 e. The molecule has 142 valence electrons. The zero-order valence-corrected chi connectivity index (χ0v) is 14.7. The molecule has 9 nitrogen and oxygen atoms in total. The van der Waals surface area contributed by atoms with Crippen LogP contribution in [0.2, 0.25) is 0 Å². The van der Waals surface area contributed by atoms with Gasteiger partial charge in [0.15, 0.2) is 0 Å². The summed E-state index contributed by atoms with van der Waals surface area (Å²) < 4.78 is 10.2. The van der Waals surface area contributed by atoms with Gasteiger partial charge >= 0.3 is 5.97 Å². The number of rotatable bonds is 8. The summed E-state index contributed by atoms with van der Waals surface area (Å²) in [5, 5.41) is 22.7. The number of ether oxygens (including phenoxy) is 2. The minimum absolute atomic E-state index is 0.194. The summed E-state index contributed by atoms with van der Waals surface area (Å²) in [6.07, 6.45) is -0.436. The summed E-state index contributed by atoms with van der Waals surface area (Å²) in [6.45, 7) is 0. The van der Waals surface area contributed by atoms with E-state index in [9.17, 15) is 19.7 Å². The highest BCUT2D eigenvalue weighted by molar-refractivity contribution is 5.95. The molecule has 0 aromatic heterocycles. The lowest BCUT2D eigenvalue weighted by atomic mass is 10.0. The van der Waals surface area contributed by atoms with Gasteiger partial charge in [-0.25, -0.2) is 0 Å². The van der Waals surface area contributed by atoms with E-state index in [1.807, 2.05) is 0 Å². The van der Waals surface area contributed by atoms with Crippen LogP contribution in [0.4, 0.5) is 5.69 Å². The Hall–Kier alpha value is -3.62. The van der Waals surface area contributed by atoms with Crippen molar-refractivity contribution in [2.24, 2.45) is 0 Å². The van der Waals surface area contributed by atoms with Crippen LogP contribution in [0.5, 0.6) is 11.5 Å². The van der Waals surface area contributed by atoms with E-state index in [4.69, 9.17) is 14.6 Å². The number of carbonyl (C=O) groups is 2. The summed E-state index contributed by atoms with van der Waals surface area (Å²) in [5.41, 5.74) is 0.321. The Morgan fingerprint density at radius 3 is 2.30 bits per heavy atom. The lowest BCUT2D eigenvalue weighted by Gasteiger charge is -2.18. The van der Waals surface area contributed by atoms with Crippen LogP contribution in [-0.4, -0.2) is 36.1 Å². The van der Waals surface area contributed by atoms with E-state index in [1.165, 1.54) is 50.6 Å². The van der Waals surface area contributed by atoms with E-state index in [-0.39, 0.29) is 11.3 Å². The van der Waals surface area contributed by atoms with Gasteiger partial charge in [-0.05, 0) is 17.7 Å². The molecule has 0 unspecified atom stereocenters. The number of carboxylic acid groups (broad SMARTS) is 1. The van der Waals surface area contributed by atoms with Crippen LogP contribution in [0, 0.1) is 10.1 Å². The molecule has 9 heteroatoms. The van der Waals surface area contributed by atoms with Crippen molar-refractivity contribution in [2.45, 2.75) is 12.5 Å². The number of carbonyl (C=O) groups excluding carboxylic acids is 1. The number of nitro benzene ring substituents is 1. The highest BCUT2D eigenvalue weighted by atomic mass is 16.6. The quantitative estimate of drug-likeness (QED) is 0.537. The van der Waals surface area contributed by atoms with E-state index in [2.05, 4.69) is 5.32 Å². The van der Waals surface area contributed by atoms with Gasteiger partial charge in [0, 0.05) is 23.8 Å². The van der Waals surface area contributed by atoms with Crippen molar-refractivity contribution in [1.29, 1.82) is 0 Å². The van der Waals surface area contributed by atoms with E-state index in [0.29, 0.717) is 17.1 Å². The molecule has 1 atom stereocenters. The molecule has 2 aromatic rings. The van der Waals surface area contributed by atoms with Crippen molar-refractivity contribution in [1.82, 2.24) is 5.32 Å². The molecule has 0 heterocycles. The third kappa shape index (κ3) is 5.18. The Kier molecular flexibility index (Phi) is 6.32. The number of nitrogens with zero attached hydrogens (tertiary/aromatic N) is 1. The van der Waals surface area contributed by atoms with Crippen molar-refractivity contribution in [3.8, 4) is 11.5 Å². The molecule has 1 amide bonds. The minimum Gasteiger partial charge on any atom is -0.497 e. The summed E-state index contributed by atoms with van der Waals surface area (Å²) >= 11 is 0. The maximum atomic E-state index is 12.6. The second kappa shape index (κ2) is 8.65. The Morgan fingerprint density at radius 1 is 1.15 bits per heavy atom. The number of methoxy groups -OCH3 is 2. The molecule has 0 saturated carbocycles. The van der Waals surface area contributed by atoms with E-state index < -0.39 is 29.3 Å². The standard InChI is InChI=1S/C18H18N2O7/c1-26-14-7-12(8-15(9-14)27-2)18(23)19-16(10-17(21)22)11-4-3-5-13(6-11)20(24)25/h3-9,16H,10H2,1-2H3,(H,19,23)(H,21,22)/t16-/m1/s1. The van der Waals surface area contributed by atoms with Gasteiger partial charge < -0.3 is 19.9 Å². The highest BCUT2D eigenvalue weighted by Gasteiger charge is 2.21. The number of nitro groups is 1. The lowest BCUT2D eigenvalue weighted by molar-refractivity contribution is -0.384. The number of non-ortho nitro benzene ring substituents is 1. The van der Waals surface area contributed by atoms with Gasteiger partial charge in [-0.15, -0.1) is 0 Å². The normalized spacial score (nSPS) is 11.3. The van der Waals surface area contributed by atoms with Gasteiger partial charge in [-0.2, -0.15) is 0 Å². The highest BCUT2D eigenvalue weighted by Crippen LogP contribution is 2.25. The van der Waals surface area contributed by atoms with Gasteiger partial charge in [-0.1, -0.05) is 12.1 Å². The number of carboxylic acids is 1. The number of aliphatic carboxylic acids is 1. The zero-order valence-electron chi connectivity index (χ0n) is 14.7. The number of hydrogen-bond donors (Lipinski definition) is 2. The molecular weight excluding hydrogens is 356 g/mol. The summed E-state index contributed by atoms with van der Waals surface area (Å²) in [7, 11) is 2.87. The Balaban J connectivity index is 2.33. The van der Waals surface area contributed by atoms with E-state index >= 15 is 0 Å². The van der Waals surface area contributed by atoms with Gasteiger partial charge in [0.2, 0.25) is 0 Å². The summed E-state index contributed by atoms with van der Waals surface area (Å²) in [5.74, 6) is -0.936. The second-order valence-corrected chi connectivity index (χ2v) is 5.58. The van der Waals surface area contributed by atoms with Gasteiger partial charge in [-0.3, -0.25) is 19.7 Å². The SMILES string of the molecule is COc1cc(OC)cc(C(=O)N[C@H](CC(=O)O)c2cccc([N+](=O)[O-])c2)c1. The number of nitrogens with one attached hydrogen (secondary N) is 1. The van der Waals surface area contributed by atoms with Crippen LogP contribution in [0.15, 0.2) is 42.5 Å². The molecule has 0 aliphatic heterocycles. The van der Waals surface area contributed by atoms with Crippen LogP contribution in [-0.2, 0) is 4.79 Å². The fourth-order valence-corrected chi connectivity index (χ4v) is 2.46. The Labute approximate surface area is 154 Å². The molecule has 0 bridgehead atoms. The molecule has 0 spiro atoms. The maximum Gasteiger partial charge on any atom is 0.305 e. The van der Waals surface area contributed by atoms with Crippen LogP contribution >= 0.6 is 0 Å². The molecule has 2 aromatic carbocycles. The first-order valence-electron chi connectivity index (χ1n) is 7.84. The average molecular weight is 374 g/mol. The van der Waals surface area contributed by atoms with Crippen molar-refractivity contribution in [2.75, 3.05) is 14.2 Å². The first-order valence-corrected chi connectivity index (χ1v) is 7.84. The Morgan fingerprint density at radius 2 is 1.78 bits per heavy atom. The minimum atomic E-state index is -1.16. The van der Waals surface area contributed by atoms with Crippen molar-refractivity contribution < 1.29 is 29.1 Å². The third-order valence-corrected chi connectivity index (χ3v) is 3.78.